The summed E-state index contributed by atoms with van der Waals surface area (Å²) in [7, 11) is 0. The first kappa shape index (κ1) is 39.9. The van der Waals surface area contributed by atoms with Gasteiger partial charge in [0.2, 0.25) is 0 Å². The number of carboxylic acids is 1. The predicted molar refractivity (Wildman–Crippen MR) is 213 cm³/mol. The summed E-state index contributed by atoms with van der Waals surface area (Å²) in [6.45, 7) is -0.0175. The lowest BCUT2D eigenvalue weighted by molar-refractivity contribution is -0.384. The Bertz CT molecular complexity index is 1960. The van der Waals surface area contributed by atoms with E-state index in [1.165, 1.54) is 18.2 Å². The normalized spacial score (nSPS) is 18.2. The van der Waals surface area contributed by atoms with Crippen molar-refractivity contribution in [2.45, 2.75) is 36.4 Å². The highest BCUT2D eigenvalue weighted by molar-refractivity contribution is 9.10. The van der Waals surface area contributed by atoms with E-state index in [-0.39, 0.29) is 49.5 Å². The molecule has 5 atom stereocenters. The molecule has 55 heavy (non-hydrogen) atoms. The monoisotopic (exact) mass is 826 g/mol. The smallest absolute Gasteiger partial charge is 0.303 e. The molecule has 6 rings (SSSR count). The highest BCUT2D eigenvalue weighted by Gasteiger charge is 2.51. The molecule has 0 saturated carbocycles. The van der Waals surface area contributed by atoms with Gasteiger partial charge in [-0.05, 0) is 59.3 Å². The SMILES string of the molecule is O=C(O)C[C@@H](CO)CCN1[C@H](COC(c2ccccc2)(c2ccccc2)c2ccccc2)[C@H](c2ccc(Br)cc2)[C@@H]1CN(c1ccccc1[N+](=O)[O-])S(=O)[O-]. The zero-order chi connectivity index (χ0) is 39.0. The van der Waals surface area contributed by atoms with Crippen molar-refractivity contribution in [3.63, 3.8) is 0 Å². The van der Waals surface area contributed by atoms with Gasteiger partial charge in [0.05, 0.1) is 18.0 Å². The number of halogens is 1. The lowest BCUT2D eigenvalue weighted by Crippen LogP contribution is -2.67. The summed E-state index contributed by atoms with van der Waals surface area (Å²) in [5.41, 5.74) is 2.15. The summed E-state index contributed by atoms with van der Waals surface area (Å²) in [5.74, 6) is -1.91. The Morgan fingerprint density at radius 1 is 0.855 bits per heavy atom. The molecular weight excluding hydrogens is 786 g/mol. The molecule has 1 aliphatic rings. The number of ether oxygens (including phenoxy) is 1. The Labute approximate surface area is 330 Å². The molecule has 11 nitrogen and oxygen atoms in total. The first-order valence-electron chi connectivity index (χ1n) is 17.9. The van der Waals surface area contributed by atoms with Crippen LogP contribution in [0.4, 0.5) is 11.4 Å². The number of likely N-dealkylation sites (tertiary alicyclic amines) is 1. The van der Waals surface area contributed by atoms with Crippen LogP contribution in [0.25, 0.3) is 0 Å². The fourth-order valence-electron chi connectivity index (χ4n) is 7.75. The molecule has 1 unspecified atom stereocenters. The second-order valence-electron chi connectivity index (χ2n) is 13.5. The number of hydrogen-bond acceptors (Lipinski definition) is 8. The van der Waals surface area contributed by atoms with E-state index in [1.54, 1.807) is 6.07 Å². The highest BCUT2D eigenvalue weighted by Crippen LogP contribution is 2.46. The zero-order valence-electron chi connectivity index (χ0n) is 29.8. The second kappa shape index (κ2) is 18.2. The van der Waals surface area contributed by atoms with Gasteiger partial charge < -0.3 is 19.5 Å². The van der Waals surface area contributed by atoms with Crippen LogP contribution in [0.3, 0.4) is 0 Å². The number of nitro groups is 1. The van der Waals surface area contributed by atoms with Gasteiger partial charge in [0, 0.05) is 53.0 Å². The van der Waals surface area contributed by atoms with E-state index in [1.807, 2.05) is 115 Å². The Balaban J connectivity index is 1.46. The van der Waals surface area contributed by atoms with Crippen LogP contribution in [-0.2, 0) is 26.4 Å². The van der Waals surface area contributed by atoms with Crippen molar-refractivity contribution >= 4 is 44.5 Å². The molecule has 1 heterocycles. The van der Waals surface area contributed by atoms with E-state index in [4.69, 9.17) is 4.74 Å². The van der Waals surface area contributed by atoms with Gasteiger partial charge >= 0.3 is 5.97 Å². The minimum atomic E-state index is -2.89. The number of rotatable bonds is 18. The Kier molecular flexibility index (Phi) is 13.2. The van der Waals surface area contributed by atoms with E-state index in [0.717, 1.165) is 31.0 Å². The third-order valence-corrected chi connectivity index (χ3v) is 11.6. The molecule has 0 aliphatic carbocycles. The van der Waals surface area contributed by atoms with Crippen molar-refractivity contribution < 1.29 is 33.4 Å². The Morgan fingerprint density at radius 2 is 1.38 bits per heavy atom. The molecule has 5 aromatic carbocycles. The van der Waals surface area contributed by atoms with Crippen LogP contribution in [0.1, 0.15) is 41.0 Å². The molecule has 0 radical (unpaired) electrons. The highest BCUT2D eigenvalue weighted by atomic mass is 79.9. The molecular formula is C42H41BrN3O8S-. The number of anilines is 1. The van der Waals surface area contributed by atoms with Crippen molar-refractivity contribution in [1.29, 1.82) is 0 Å². The number of aliphatic hydroxyl groups is 1. The first-order chi connectivity index (χ1) is 26.6. The van der Waals surface area contributed by atoms with Gasteiger partial charge in [-0.3, -0.25) is 28.3 Å². The van der Waals surface area contributed by atoms with Gasteiger partial charge in [-0.2, -0.15) is 0 Å². The van der Waals surface area contributed by atoms with Crippen LogP contribution in [0, 0.1) is 16.0 Å². The number of aliphatic hydroxyl groups excluding tert-OH is 1. The number of benzene rings is 5. The van der Waals surface area contributed by atoms with Crippen molar-refractivity contribution in [1.82, 2.24) is 4.90 Å². The number of aliphatic carboxylic acids is 1. The van der Waals surface area contributed by atoms with Crippen molar-refractivity contribution in [3.8, 4) is 0 Å². The van der Waals surface area contributed by atoms with E-state index < -0.39 is 39.7 Å². The first-order valence-corrected chi connectivity index (χ1v) is 19.7. The standard InChI is InChI=1S/C42H42BrN3O8S/c43-35-22-20-31(21-23-35)41-38(27-45(55(52)53)36-18-10-11-19-37(36)46(50)51)44(25-24-30(28-47)26-40(48)49)39(41)29-54-42(32-12-4-1-5-13-32,33-14-6-2-7-15-33)34-16-8-3-9-17-34/h1-23,30,38-39,41,47H,24-29H2,(H,48,49)(H,52,53)/p-1/t30-,38-,39+,41+/m0/s1. The molecule has 2 N–H and O–H groups in total. The fraction of sp³-hybridized carbons (Fsp3) is 0.262. The van der Waals surface area contributed by atoms with Gasteiger partial charge in [0.25, 0.3) is 5.69 Å². The van der Waals surface area contributed by atoms with Crippen molar-refractivity contribution in [2.24, 2.45) is 5.92 Å². The van der Waals surface area contributed by atoms with Gasteiger partial charge in [-0.25, -0.2) is 0 Å². The summed E-state index contributed by atoms with van der Waals surface area (Å²) < 4.78 is 35.1. The van der Waals surface area contributed by atoms with Crippen LogP contribution < -0.4 is 4.31 Å². The number of para-hydroxylation sites is 2. The minimum Gasteiger partial charge on any atom is -0.755 e. The predicted octanol–water partition coefficient (Wildman–Crippen LogP) is 7.28. The summed E-state index contributed by atoms with van der Waals surface area (Å²) in [6, 6.07) is 42.4. The molecule has 1 saturated heterocycles. The quantitative estimate of drug-likeness (QED) is 0.0401. The van der Waals surface area contributed by atoms with Gasteiger partial charge in [-0.1, -0.05) is 131 Å². The molecule has 0 amide bonds. The number of nitrogens with zero attached hydrogens (tertiary/aromatic N) is 3. The largest absolute Gasteiger partial charge is 0.755 e. The van der Waals surface area contributed by atoms with Crippen LogP contribution in [0.15, 0.2) is 144 Å². The summed E-state index contributed by atoms with van der Waals surface area (Å²) in [4.78, 5) is 25.2. The molecule has 286 valence electrons. The van der Waals surface area contributed by atoms with E-state index in [2.05, 4.69) is 20.8 Å². The maximum Gasteiger partial charge on any atom is 0.303 e. The molecule has 13 heteroatoms. The third kappa shape index (κ3) is 8.88. The van der Waals surface area contributed by atoms with Crippen LogP contribution in [0.5, 0.6) is 0 Å². The van der Waals surface area contributed by atoms with Gasteiger partial charge in [0.1, 0.15) is 11.3 Å². The Morgan fingerprint density at radius 3 is 1.87 bits per heavy atom. The number of carboxylic acid groups (broad SMARTS) is 1. The summed E-state index contributed by atoms with van der Waals surface area (Å²) >= 11 is 0.641. The molecule has 1 aliphatic heterocycles. The van der Waals surface area contributed by atoms with Crippen molar-refractivity contribution in [2.75, 3.05) is 30.6 Å². The number of carbonyl (C=O) groups is 1. The van der Waals surface area contributed by atoms with Gasteiger partial charge in [-0.15, -0.1) is 0 Å². The lowest BCUT2D eigenvalue weighted by Gasteiger charge is -2.57. The number of nitro benzene ring substituents is 1. The van der Waals surface area contributed by atoms with Gasteiger partial charge in [0.15, 0.2) is 0 Å². The maximum atomic E-state index is 12.9. The molecule has 5 aromatic rings. The fourth-order valence-corrected chi connectivity index (χ4v) is 8.60. The average molecular weight is 828 g/mol. The average Bonchev–Trinajstić information content (AvgIpc) is 3.20. The second-order valence-corrected chi connectivity index (χ2v) is 15.3. The van der Waals surface area contributed by atoms with E-state index in [0.29, 0.717) is 13.0 Å². The maximum absolute atomic E-state index is 12.9. The Hall–Kier alpha value is -4.76. The van der Waals surface area contributed by atoms with E-state index in [9.17, 15) is 33.9 Å². The minimum absolute atomic E-state index is 0.0644. The summed E-state index contributed by atoms with van der Waals surface area (Å²) in [6.07, 6.45) is 0.0639. The third-order valence-electron chi connectivity index (χ3n) is 10.3. The zero-order valence-corrected chi connectivity index (χ0v) is 32.2. The van der Waals surface area contributed by atoms with Crippen LogP contribution in [0.2, 0.25) is 0 Å². The molecule has 0 aromatic heterocycles. The lowest BCUT2D eigenvalue weighted by atomic mass is 9.74. The summed E-state index contributed by atoms with van der Waals surface area (Å²) in [5, 5.41) is 31.8. The van der Waals surface area contributed by atoms with E-state index >= 15 is 0 Å². The van der Waals surface area contributed by atoms with Crippen molar-refractivity contribution in [3.05, 3.63) is 176 Å². The number of hydrogen-bond donors (Lipinski definition) is 2. The molecule has 0 spiro atoms. The molecule has 0 bridgehead atoms. The molecule has 1 fully saturated rings. The topological polar surface area (TPSA) is 157 Å². The van der Waals surface area contributed by atoms with Crippen LogP contribution >= 0.6 is 15.9 Å². The van der Waals surface area contributed by atoms with Crippen LogP contribution in [-0.4, -0.2) is 73.2 Å².